The summed E-state index contributed by atoms with van der Waals surface area (Å²) in [6.45, 7) is 0. The Kier molecular flexibility index (Phi) is 6.10. The predicted molar refractivity (Wildman–Crippen MR) is 179 cm³/mol. The first kappa shape index (κ1) is 26.8. The van der Waals surface area contributed by atoms with E-state index in [1.807, 2.05) is 95.6 Å². The maximum atomic E-state index is 14.6. The highest BCUT2D eigenvalue weighted by Gasteiger charge is 2.40. The Hall–Kier alpha value is -6.76. The SMILES string of the molecule is N#Cc1cccc2c1c1c(C#N)cccc1n2-c1cccc2c1C(=O)N(c1ccc(-c3ccccc3)cc1-c1ccccc1)C2=O. The van der Waals surface area contributed by atoms with E-state index in [-0.39, 0.29) is 11.1 Å². The van der Waals surface area contributed by atoms with E-state index in [2.05, 4.69) is 12.1 Å². The molecule has 0 saturated heterocycles. The van der Waals surface area contributed by atoms with E-state index in [1.54, 1.807) is 42.5 Å². The maximum absolute atomic E-state index is 14.6. The lowest BCUT2D eigenvalue weighted by molar-refractivity contribution is 0.0926. The number of hydrogen-bond acceptors (Lipinski definition) is 4. The molecular weight excluding hydrogens is 568 g/mol. The molecular formula is C40H22N4O2. The summed E-state index contributed by atoms with van der Waals surface area (Å²) in [5, 5.41) is 21.3. The summed E-state index contributed by atoms with van der Waals surface area (Å²) in [4.78, 5) is 30.0. The van der Waals surface area contributed by atoms with Gasteiger partial charge in [0.1, 0.15) is 0 Å². The Morgan fingerprint density at radius 3 is 1.67 bits per heavy atom. The van der Waals surface area contributed by atoms with E-state index >= 15 is 0 Å². The van der Waals surface area contributed by atoms with Gasteiger partial charge >= 0.3 is 0 Å². The normalized spacial score (nSPS) is 12.3. The van der Waals surface area contributed by atoms with Crippen LogP contribution in [0.15, 0.2) is 133 Å². The van der Waals surface area contributed by atoms with Gasteiger partial charge in [-0.05, 0) is 65.2 Å². The van der Waals surface area contributed by atoms with Gasteiger partial charge in [-0.2, -0.15) is 10.5 Å². The number of fused-ring (bicyclic) bond motifs is 4. The fourth-order valence-corrected chi connectivity index (χ4v) is 6.62. The molecule has 6 aromatic carbocycles. The van der Waals surface area contributed by atoms with Crippen molar-refractivity contribution >= 4 is 39.3 Å². The van der Waals surface area contributed by atoms with Gasteiger partial charge in [0, 0.05) is 16.3 Å². The quantitative estimate of drug-likeness (QED) is 0.192. The van der Waals surface area contributed by atoms with Gasteiger partial charge in [-0.15, -0.1) is 0 Å². The highest BCUT2D eigenvalue weighted by atomic mass is 16.2. The summed E-state index contributed by atoms with van der Waals surface area (Å²) in [7, 11) is 0. The van der Waals surface area contributed by atoms with E-state index in [9.17, 15) is 20.1 Å². The molecule has 7 aromatic rings. The third-order valence-electron chi connectivity index (χ3n) is 8.62. The van der Waals surface area contributed by atoms with Crippen molar-refractivity contribution in [2.75, 3.05) is 4.90 Å². The smallest absolute Gasteiger partial charge is 0.268 e. The zero-order valence-corrected chi connectivity index (χ0v) is 24.3. The Labute approximate surface area is 264 Å². The summed E-state index contributed by atoms with van der Waals surface area (Å²) >= 11 is 0. The monoisotopic (exact) mass is 590 g/mol. The van der Waals surface area contributed by atoms with Crippen LogP contribution < -0.4 is 4.90 Å². The minimum Gasteiger partial charge on any atom is -0.308 e. The van der Waals surface area contributed by atoms with E-state index in [0.29, 0.717) is 44.3 Å². The topological polar surface area (TPSA) is 89.9 Å². The summed E-state index contributed by atoms with van der Waals surface area (Å²) in [6.07, 6.45) is 0. The van der Waals surface area contributed by atoms with E-state index in [1.165, 1.54) is 4.90 Å². The predicted octanol–water partition coefficient (Wildman–Crippen LogP) is 8.66. The molecule has 0 unspecified atom stereocenters. The zero-order valence-electron chi connectivity index (χ0n) is 24.3. The molecule has 0 radical (unpaired) electrons. The third kappa shape index (κ3) is 3.88. The highest BCUT2D eigenvalue weighted by molar-refractivity contribution is 6.36. The number of aromatic nitrogens is 1. The Bertz CT molecular complexity index is 2410. The number of amides is 2. The molecule has 0 atom stereocenters. The first-order valence-electron chi connectivity index (χ1n) is 14.7. The Morgan fingerprint density at radius 1 is 0.478 bits per heavy atom. The first-order valence-corrected chi connectivity index (χ1v) is 14.7. The number of rotatable bonds is 4. The molecule has 2 amide bonds. The number of carbonyl (C=O) groups excluding carboxylic acids is 2. The molecule has 8 rings (SSSR count). The fourth-order valence-electron chi connectivity index (χ4n) is 6.62. The zero-order chi connectivity index (χ0) is 31.4. The van der Waals surface area contributed by atoms with Gasteiger partial charge in [-0.25, -0.2) is 4.90 Å². The number of nitriles is 2. The van der Waals surface area contributed by atoms with Crippen molar-refractivity contribution in [2.45, 2.75) is 0 Å². The van der Waals surface area contributed by atoms with Crippen molar-refractivity contribution in [1.29, 1.82) is 10.5 Å². The van der Waals surface area contributed by atoms with E-state index in [4.69, 9.17) is 0 Å². The van der Waals surface area contributed by atoms with Gasteiger partial charge in [0.2, 0.25) is 0 Å². The lowest BCUT2D eigenvalue weighted by Crippen LogP contribution is -2.30. The number of benzene rings is 6. The lowest BCUT2D eigenvalue weighted by atomic mass is 9.97. The minimum atomic E-state index is -0.442. The van der Waals surface area contributed by atoms with Gasteiger partial charge in [0.15, 0.2) is 0 Å². The van der Waals surface area contributed by atoms with Crippen LogP contribution >= 0.6 is 0 Å². The number of nitrogens with zero attached hydrogens (tertiary/aromatic N) is 4. The van der Waals surface area contributed by atoms with Crippen LogP contribution in [0.1, 0.15) is 31.8 Å². The van der Waals surface area contributed by atoms with Crippen molar-refractivity contribution in [2.24, 2.45) is 0 Å². The van der Waals surface area contributed by atoms with Crippen LogP contribution in [0.5, 0.6) is 0 Å². The molecule has 1 aliphatic heterocycles. The van der Waals surface area contributed by atoms with E-state index < -0.39 is 11.8 Å². The van der Waals surface area contributed by atoms with Crippen molar-refractivity contribution in [3.8, 4) is 40.1 Å². The average Bonchev–Trinajstić information content (AvgIpc) is 3.59. The largest absolute Gasteiger partial charge is 0.308 e. The molecule has 6 heteroatoms. The van der Waals surface area contributed by atoms with Crippen LogP contribution in [0.4, 0.5) is 5.69 Å². The van der Waals surface area contributed by atoms with Crippen LogP contribution in [-0.4, -0.2) is 16.4 Å². The molecule has 0 saturated carbocycles. The summed E-state index contributed by atoms with van der Waals surface area (Å²) in [6, 6.07) is 46.0. The van der Waals surface area contributed by atoms with Crippen LogP contribution in [0.2, 0.25) is 0 Å². The molecule has 0 aliphatic carbocycles. The molecule has 0 fully saturated rings. The van der Waals surface area contributed by atoms with Crippen LogP contribution in [-0.2, 0) is 0 Å². The van der Waals surface area contributed by atoms with Gasteiger partial charge in [-0.1, -0.05) is 84.9 Å². The summed E-state index contributed by atoms with van der Waals surface area (Å²) in [5.41, 5.74) is 7.35. The van der Waals surface area contributed by atoms with Crippen molar-refractivity contribution in [3.63, 3.8) is 0 Å². The summed E-state index contributed by atoms with van der Waals surface area (Å²) in [5.74, 6) is -0.856. The van der Waals surface area contributed by atoms with Gasteiger partial charge < -0.3 is 4.57 Å². The number of carbonyl (C=O) groups is 2. The molecule has 214 valence electrons. The van der Waals surface area contributed by atoms with Crippen LogP contribution in [0, 0.1) is 22.7 Å². The minimum absolute atomic E-state index is 0.266. The Balaban J connectivity index is 1.36. The summed E-state index contributed by atoms with van der Waals surface area (Å²) < 4.78 is 1.89. The van der Waals surface area contributed by atoms with Gasteiger partial charge in [-0.3, -0.25) is 9.59 Å². The Morgan fingerprint density at radius 2 is 1.07 bits per heavy atom. The molecule has 1 aliphatic rings. The molecule has 0 bridgehead atoms. The highest BCUT2D eigenvalue weighted by Crippen LogP contribution is 2.42. The van der Waals surface area contributed by atoms with Crippen molar-refractivity contribution in [1.82, 2.24) is 4.57 Å². The van der Waals surface area contributed by atoms with Gasteiger partial charge in [0.25, 0.3) is 11.8 Å². The lowest BCUT2D eigenvalue weighted by Gasteiger charge is -2.20. The standard InChI is InChI=1S/C40H22N4O2/c41-23-28-14-7-17-33-36(28)37-29(24-42)15-8-18-34(37)43(33)35-19-9-16-30-38(35)40(46)44(39(30)45)32-21-20-27(25-10-3-1-4-11-25)22-31(32)26-12-5-2-6-13-26/h1-22H. The number of anilines is 1. The molecule has 6 nitrogen and oxygen atoms in total. The average molecular weight is 591 g/mol. The van der Waals surface area contributed by atoms with Crippen molar-refractivity contribution < 1.29 is 9.59 Å². The maximum Gasteiger partial charge on any atom is 0.268 e. The van der Waals surface area contributed by atoms with Gasteiger partial charge in [0.05, 0.1) is 56.8 Å². The third-order valence-corrected chi connectivity index (χ3v) is 8.62. The van der Waals surface area contributed by atoms with Crippen molar-refractivity contribution in [3.05, 3.63) is 156 Å². The molecule has 0 spiro atoms. The first-order chi connectivity index (χ1) is 22.6. The second kappa shape index (κ2) is 10.4. The van der Waals surface area contributed by atoms with Crippen LogP contribution in [0.25, 0.3) is 49.7 Å². The second-order valence-electron chi connectivity index (χ2n) is 11.1. The molecule has 46 heavy (non-hydrogen) atoms. The molecule has 2 heterocycles. The fraction of sp³-hybridized carbons (Fsp3) is 0. The number of hydrogen-bond donors (Lipinski definition) is 0. The van der Waals surface area contributed by atoms with E-state index in [0.717, 1.165) is 22.3 Å². The number of imide groups is 1. The molecule has 1 aromatic heterocycles. The second-order valence-corrected chi connectivity index (χ2v) is 11.1. The molecule has 0 N–H and O–H groups in total. The van der Waals surface area contributed by atoms with Crippen LogP contribution in [0.3, 0.4) is 0 Å².